The molecule has 7 nitrogen and oxygen atoms in total. The van der Waals surface area contributed by atoms with Gasteiger partial charge in [-0.15, -0.1) is 0 Å². The summed E-state index contributed by atoms with van der Waals surface area (Å²) in [5.41, 5.74) is 2.34. The summed E-state index contributed by atoms with van der Waals surface area (Å²) in [6.45, 7) is 1.41. The Balaban J connectivity index is 1.67. The molecular formula is C23H18N4O3S. The highest BCUT2D eigenvalue weighted by Gasteiger charge is 2.12. The van der Waals surface area contributed by atoms with E-state index in [4.69, 9.17) is 12.2 Å². The zero-order chi connectivity index (χ0) is 22.0. The van der Waals surface area contributed by atoms with E-state index in [1.54, 1.807) is 54.6 Å². The van der Waals surface area contributed by atoms with Gasteiger partial charge in [0.05, 0.1) is 16.6 Å². The van der Waals surface area contributed by atoms with E-state index >= 15 is 0 Å². The number of H-pyrrole nitrogens is 1. The van der Waals surface area contributed by atoms with E-state index in [1.165, 1.54) is 11.5 Å². The lowest BCUT2D eigenvalue weighted by Gasteiger charge is -2.10. The monoisotopic (exact) mass is 430 g/mol. The van der Waals surface area contributed by atoms with Gasteiger partial charge in [-0.3, -0.25) is 19.0 Å². The van der Waals surface area contributed by atoms with Gasteiger partial charge >= 0.3 is 0 Å². The molecule has 154 valence electrons. The van der Waals surface area contributed by atoms with Crippen LogP contribution in [0, 0.1) is 4.77 Å². The van der Waals surface area contributed by atoms with E-state index in [2.05, 4.69) is 15.6 Å². The number of carbonyl (C=O) groups is 2. The van der Waals surface area contributed by atoms with Crippen LogP contribution in [0.2, 0.25) is 0 Å². The molecule has 4 aromatic rings. The van der Waals surface area contributed by atoms with Crippen molar-refractivity contribution in [3.63, 3.8) is 0 Å². The second-order valence-electron chi connectivity index (χ2n) is 6.88. The third-order valence-corrected chi connectivity index (χ3v) is 4.90. The lowest BCUT2D eigenvalue weighted by molar-refractivity contribution is -0.114. The van der Waals surface area contributed by atoms with Crippen LogP contribution in [-0.2, 0) is 4.79 Å². The van der Waals surface area contributed by atoms with Crippen LogP contribution < -0.4 is 16.2 Å². The van der Waals surface area contributed by atoms with Crippen LogP contribution in [0.5, 0.6) is 0 Å². The largest absolute Gasteiger partial charge is 0.331 e. The molecule has 0 atom stereocenters. The van der Waals surface area contributed by atoms with E-state index in [-0.39, 0.29) is 22.1 Å². The molecule has 1 heterocycles. The number of hydrogen-bond donors (Lipinski definition) is 3. The predicted octanol–water partition coefficient (Wildman–Crippen LogP) is 4.26. The van der Waals surface area contributed by atoms with E-state index in [9.17, 15) is 14.4 Å². The summed E-state index contributed by atoms with van der Waals surface area (Å²) < 4.78 is 1.66. The van der Waals surface area contributed by atoms with Crippen molar-refractivity contribution in [2.24, 2.45) is 0 Å². The highest BCUT2D eigenvalue weighted by Crippen LogP contribution is 2.18. The summed E-state index contributed by atoms with van der Waals surface area (Å²) in [4.78, 5) is 40.0. The van der Waals surface area contributed by atoms with Crippen molar-refractivity contribution in [1.29, 1.82) is 0 Å². The molecule has 8 heteroatoms. The SMILES string of the molecule is CC(=O)Nc1cccc(NC(=O)c2ccc3c(=O)n(-c4ccccc4)c(=S)[nH]c3c2)c1. The molecule has 0 saturated heterocycles. The summed E-state index contributed by atoms with van der Waals surface area (Å²) in [6.07, 6.45) is 0. The lowest BCUT2D eigenvalue weighted by Crippen LogP contribution is -2.21. The van der Waals surface area contributed by atoms with Crippen LogP contribution in [0.3, 0.4) is 0 Å². The molecule has 0 aliphatic heterocycles. The van der Waals surface area contributed by atoms with Gasteiger partial charge in [0.25, 0.3) is 11.5 Å². The number of amides is 2. The summed E-state index contributed by atoms with van der Waals surface area (Å²) in [6, 6.07) is 20.7. The molecule has 0 unspecified atom stereocenters. The molecular weight excluding hydrogens is 412 g/mol. The fourth-order valence-electron chi connectivity index (χ4n) is 3.25. The summed E-state index contributed by atoms with van der Waals surface area (Å²) in [7, 11) is 0. The molecule has 2 amide bonds. The zero-order valence-corrected chi connectivity index (χ0v) is 17.3. The number of nitrogens with zero attached hydrogens (tertiary/aromatic N) is 1. The van der Waals surface area contributed by atoms with Crippen molar-refractivity contribution >= 4 is 46.3 Å². The Morgan fingerprint density at radius 1 is 0.903 bits per heavy atom. The number of aromatic nitrogens is 2. The minimum Gasteiger partial charge on any atom is -0.331 e. The first-order valence-corrected chi connectivity index (χ1v) is 9.87. The summed E-state index contributed by atoms with van der Waals surface area (Å²) >= 11 is 5.38. The highest BCUT2D eigenvalue weighted by molar-refractivity contribution is 7.71. The molecule has 4 rings (SSSR count). The Bertz CT molecular complexity index is 1420. The average Bonchev–Trinajstić information content (AvgIpc) is 2.74. The third kappa shape index (κ3) is 4.29. The molecule has 31 heavy (non-hydrogen) atoms. The number of nitrogens with one attached hydrogen (secondary N) is 3. The first-order chi connectivity index (χ1) is 14.9. The van der Waals surface area contributed by atoms with E-state index in [0.717, 1.165) is 0 Å². The van der Waals surface area contributed by atoms with E-state index < -0.39 is 0 Å². The van der Waals surface area contributed by atoms with Crippen LogP contribution in [0.4, 0.5) is 11.4 Å². The van der Waals surface area contributed by atoms with Crippen molar-refractivity contribution < 1.29 is 9.59 Å². The highest BCUT2D eigenvalue weighted by atomic mass is 32.1. The average molecular weight is 430 g/mol. The van der Waals surface area contributed by atoms with Crippen LogP contribution in [-0.4, -0.2) is 21.4 Å². The Morgan fingerprint density at radius 3 is 2.32 bits per heavy atom. The topological polar surface area (TPSA) is 96.0 Å². The van der Waals surface area contributed by atoms with Gasteiger partial charge in [-0.05, 0) is 60.7 Å². The number of para-hydroxylation sites is 1. The van der Waals surface area contributed by atoms with Crippen LogP contribution in [0.25, 0.3) is 16.6 Å². The Morgan fingerprint density at radius 2 is 1.61 bits per heavy atom. The second kappa shape index (κ2) is 8.37. The quantitative estimate of drug-likeness (QED) is 0.422. The molecule has 3 N–H and O–H groups in total. The van der Waals surface area contributed by atoms with Crippen molar-refractivity contribution in [3.8, 4) is 5.69 Å². The molecule has 0 aliphatic carbocycles. The Kier molecular flexibility index (Phi) is 5.46. The molecule has 0 spiro atoms. The number of aromatic amines is 1. The Hall–Kier alpha value is -4.04. The maximum absolute atomic E-state index is 13.0. The van der Waals surface area contributed by atoms with Gasteiger partial charge in [-0.25, -0.2) is 0 Å². The molecule has 0 aliphatic rings. The van der Waals surface area contributed by atoms with Crippen LogP contribution in [0.1, 0.15) is 17.3 Å². The maximum atomic E-state index is 13.0. The fraction of sp³-hybridized carbons (Fsp3) is 0.0435. The Labute approximate surface area is 182 Å². The first kappa shape index (κ1) is 20.2. The van der Waals surface area contributed by atoms with Gasteiger partial charge in [-0.1, -0.05) is 24.3 Å². The van der Waals surface area contributed by atoms with Crippen LogP contribution >= 0.6 is 12.2 Å². The van der Waals surface area contributed by atoms with Crippen LogP contribution in [0.15, 0.2) is 77.6 Å². The molecule has 1 aromatic heterocycles. The van der Waals surface area contributed by atoms with Crippen molar-refractivity contribution in [2.45, 2.75) is 6.92 Å². The number of benzene rings is 3. The van der Waals surface area contributed by atoms with Gasteiger partial charge in [0.2, 0.25) is 5.91 Å². The minimum atomic E-state index is -0.353. The predicted molar refractivity (Wildman–Crippen MR) is 123 cm³/mol. The number of rotatable bonds is 4. The van der Waals surface area contributed by atoms with E-state index in [0.29, 0.717) is 33.5 Å². The summed E-state index contributed by atoms with van der Waals surface area (Å²) in [5.74, 6) is -0.553. The third-order valence-electron chi connectivity index (χ3n) is 4.62. The fourth-order valence-corrected chi connectivity index (χ4v) is 3.55. The van der Waals surface area contributed by atoms with Gasteiger partial charge in [0.1, 0.15) is 0 Å². The summed E-state index contributed by atoms with van der Waals surface area (Å²) in [5, 5.41) is 5.88. The maximum Gasteiger partial charge on any atom is 0.266 e. The number of carbonyl (C=O) groups excluding carboxylic acids is 2. The number of anilines is 2. The smallest absolute Gasteiger partial charge is 0.266 e. The minimum absolute atomic E-state index is 0.200. The van der Waals surface area contributed by atoms with Crippen molar-refractivity contribution in [2.75, 3.05) is 10.6 Å². The van der Waals surface area contributed by atoms with Gasteiger partial charge < -0.3 is 15.6 Å². The molecule has 0 saturated carbocycles. The zero-order valence-electron chi connectivity index (χ0n) is 16.5. The lowest BCUT2D eigenvalue weighted by atomic mass is 10.1. The van der Waals surface area contributed by atoms with Crippen molar-refractivity contribution in [1.82, 2.24) is 9.55 Å². The molecule has 3 aromatic carbocycles. The van der Waals surface area contributed by atoms with Gasteiger partial charge in [-0.2, -0.15) is 0 Å². The normalized spacial score (nSPS) is 10.6. The molecule has 0 fully saturated rings. The first-order valence-electron chi connectivity index (χ1n) is 9.46. The van der Waals surface area contributed by atoms with Crippen molar-refractivity contribution in [3.05, 3.63) is 93.5 Å². The number of hydrogen-bond acceptors (Lipinski definition) is 4. The van der Waals surface area contributed by atoms with Gasteiger partial charge in [0, 0.05) is 23.9 Å². The number of fused-ring (bicyclic) bond motifs is 1. The molecule has 0 bridgehead atoms. The second-order valence-corrected chi connectivity index (χ2v) is 7.27. The van der Waals surface area contributed by atoms with Gasteiger partial charge in [0.15, 0.2) is 4.77 Å². The molecule has 0 radical (unpaired) electrons. The van der Waals surface area contributed by atoms with E-state index in [1.807, 2.05) is 18.2 Å². The standard InChI is InChI=1S/C23H18N4O3S/c1-14(28)24-16-6-5-7-17(13-16)25-21(29)15-10-11-19-20(12-15)26-23(31)27(22(19)30)18-8-3-2-4-9-18/h2-13H,1H3,(H,24,28)(H,25,29)(H,26,31).